The molecule has 5 nitrogen and oxygen atoms in total. The molecule has 0 radical (unpaired) electrons. The first-order valence-corrected chi connectivity index (χ1v) is 4.06. The lowest BCUT2D eigenvalue weighted by atomic mass is 9.79. The molecule has 0 saturated carbocycles. The highest BCUT2D eigenvalue weighted by Gasteiger charge is 2.23. The second-order valence-electron chi connectivity index (χ2n) is 2.82. The Morgan fingerprint density at radius 1 is 1.29 bits per heavy atom. The number of rotatable bonds is 2. The Morgan fingerprint density at radius 2 is 1.93 bits per heavy atom. The molecule has 6 heteroatoms. The average molecular weight is 196 g/mol. The fraction of sp³-hybridized carbons (Fsp3) is 0.250. The van der Waals surface area contributed by atoms with Gasteiger partial charge in [0.2, 0.25) is 6.79 Å². The van der Waals surface area contributed by atoms with Crippen molar-refractivity contribution >= 4 is 12.6 Å². The molecular formula is C8H9BO5. The van der Waals surface area contributed by atoms with E-state index in [1.807, 2.05) is 0 Å². The number of fused-ring (bicyclic) bond motifs is 1. The Bertz CT molecular complexity index is 352. The largest absolute Gasteiger partial charge is 0.497 e. The summed E-state index contributed by atoms with van der Waals surface area (Å²) in [6.07, 6.45) is 0. The molecule has 1 aromatic rings. The molecule has 0 spiro atoms. The number of benzene rings is 1. The highest BCUT2D eigenvalue weighted by Crippen LogP contribution is 2.33. The molecule has 74 valence electrons. The van der Waals surface area contributed by atoms with Crippen LogP contribution in [0.15, 0.2) is 12.1 Å². The van der Waals surface area contributed by atoms with Crippen LogP contribution in [0.2, 0.25) is 0 Å². The van der Waals surface area contributed by atoms with Crippen molar-refractivity contribution in [1.29, 1.82) is 0 Å². The predicted molar refractivity (Wildman–Crippen MR) is 48.9 cm³/mol. The molecule has 14 heavy (non-hydrogen) atoms. The monoisotopic (exact) mass is 196 g/mol. The van der Waals surface area contributed by atoms with Crippen molar-refractivity contribution in [1.82, 2.24) is 0 Å². The smallest absolute Gasteiger partial charge is 0.492 e. The standard InChI is InChI=1S/C8H9BO5/c1-12-6-3-8-7(13-4-14-8)2-5(6)9(10)11/h2-3,10-11H,4H2,1H3. The van der Waals surface area contributed by atoms with Gasteiger partial charge in [-0.25, -0.2) is 0 Å². The zero-order valence-electron chi connectivity index (χ0n) is 7.56. The summed E-state index contributed by atoms with van der Waals surface area (Å²) in [4.78, 5) is 0. The molecule has 1 heterocycles. The molecule has 0 fully saturated rings. The maximum Gasteiger partial charge on any atom is 0.492 e. The van der Waals surface area contributed by atoms with Crippen molar-refractivity contribution in [3.8, 4) is 17.2 Å². The highest BCUT2D eigenvalue weighted by molar-refractivity contribution is 6.59. The highest BCUT2D eigenvalue weighted by atomic mass is 16.7. The molecule has 0 bridgehead atoms. The van der Waals surface area contributed by atoms with Crippen molar-refractivity contribution in [3.05, 3.63) is 12.1 Å². The van der Waals surface area contributed by atoms with Gasteiger partial charge in [0.15, 0.2) is 11.5 Å². The minimum absolute atomic E-state index is 0.142. The summed E-state index contributed by atoms with van der Waals surface area (Å²) in [6, 6.07) is 3.06. The van der Waals surface area contributed by atoms with Gasteiger partial charge in [-0.05, 0) is 6.07 Å². The summed E-state index contributed by atoms with van der Waals surface area (Å²) >= 11 is 0. The van der Waals surface area contributed by atoms with Crippen LogP contribution in [0.4, 0.5) is 0 Å². The van der Waals surface area contributed by atoms with Crippen molar-refractivity contribution in [3.63, 3.8) is 0 Å². The first-order valence-electron chi connectivity index (χ1n) is 4.06. The number of hydrogen-bond donors (Lipinski definition) is 2. The molecule has 0 unspecified atom stereocenters. The third-order valence-corrected chi connectivity index (χ3v) is 2.00. The lowest BCUT2D eigenvalue weighted by molar-refractivity contribution is 0.174. The molecule has 2 N–H and O–H groups in total. The molecule has 2 rings (SSSR count). The molecule has 1 aliphatic heterocycles. The van der Waals surface area contributed by atoms with Crippen molar-refractivity contribution in [2.45, 2.75) is 0 Å². The molecular weight excluding hydrogens is 187 g/mol. The van der Waals surface area contributed by atoms with E-state index in [0.717, 1.165) is 0 Å². The second kappa shape index (κ2) is 3.40. The van der Waals surface area contributed by atoms with Crippen LogP contribution < -0.4 is 19.7 Å². The first-order chi connectivity index (χ1) is 6.72. The van der Waals surface area contributed by atoms with Crippen molar-refractivity contribution in [2.24, 2.45) is 0 Å². The Balaban J connectivity index is 2.49. The maximum absolute atomic E-state index is 9.05. The topological polar surface area (TPSA) is 68.2 Å². The lowest BCUT2D eigenvalue weighted by Crippen LogP contribution is -2.31. The van der Waals surface area contributed by atoms with Gasteiger partial charge in [-0.3, -0.25) is 0 Å². The Kier molecular flexibility index (Phi) is 2.22. The minimum atomic E-state index is -1.58. The van der Waals surface area contributed by atoms with Gasteiger partial charge in [0, 0.05) is 11.5 Å². The zero-order chi connectivity index (χ0) is 10.1. The maximum atomic E-state index is 9.05. The fourth-order valence-corrected chi connectivity index (χ4v) is 1.32. The van der Waals surface area contributed by atoms with E-state index < -0.39 is 7.12 Å². The van der Waals surface area contributed by atoms with E-state index in [2.05, 4.69) is 0 Å². The van der Waals surface area contributed by atoms with E-state index in [1.54, 1.807) is 6.07 Å². The molecule has 0 aliphatic carbocycles. The average Bonchev–Trinajstić information content (AvgIpc) is 2.62. The minimum Gasteiger partial charge on any atom is -0.497 e. The summed E-state index contributed by atoms with van der Waals surface area (Å²) in [5.41, 5.74) is 0.261. The van der Waals surface area contributed by atoms with Gasteiger partial charge in [0.1, 0.15) is 5.75 Å². The Morgan fingerprint density at radius 3 is 2.50 bits per heavy atom. The van der Waals surface area contributed by atoms with Crippen LogP contribution in [0.5, 0.6) is 17.2 Å². The predicted octanol–water partition coefficient (Wildman–Crippen LogP) is -0.896. The van der Waals surface area contributed by atoms with Gasteiger partial charge >= 0.3 is 7.12 Å². The van der Waals surface area contributed by atoms with E-state index in [0.29, 0.717) is 17.2 Å². The molecule has 0 saturated heterocycles. The van der Waals surface area contributed by atoms with Crippen LogP contribution >= 0.6 is 0 Å². The van der Waals surface area contributed by atoms with E-state index in [-0.39, 0.29) is 12.3 Å². The summed E-state index contributed by atoms with van der Waals surface area (Å²) in [5, 5.41) is 18.1. The second-order valence-corrected chi connectivity index (χ2v) is 2.82. The molecule has 0 atom stereocenters. The molecule has 0 amide bonds. The summed E-state index contributed by atoms with van der Waals surface area (Å²) < 4.78 is 15.2. The molecule has 1 aromatic carbocycles. The van der Waals surface area contributed by atoms with Crippen LogP contribution in [0.25, 0.3) is 0 Å². The fourth-order valence-electron chi connectivity index (χ4n) is 1.32. The van der Waals surface area contributed by atoms with Gasteiger partial charge in [-0.15, -0.1) is 0 Å². The zero-order valence-corrected chi connectivity index (χ0v) is 7.56. The quantitative estimate of drug-likeness (QED) is 0.600. The van der Waals surface area contributed by atoms with Gasteiger partial charge < -0.3 is 24.3 Å². The van der Waals surface area contributed by atoms with E-state index in [9.17, 15) is 0 Å². The normalized spacial score (nSPS) is 12.8. The van der Waals surface area contributed by atoms with E-state index >= 15 is 0 Å². The third kappa shape index (κ3) is 1.38. The van der Waals surface area contributed by atoms with Gasteiger partial charge in [0.05, 0.1) is 7.11 Å². The summed E-state index contributed by atoms with van der Waals surface area (Å²) in [5.74, 6) is 1.41. The van der Waals surface area contributed by atoms with Crippen LogP contribution in [0.1, 0.15) is 0 Å². The Labute approximate surface area is 81.0 Å². The SMILES string of the molecule is COc1cc2c(cc1B(O)O)OCO2. The van der Waals surface area contributed by atoms with Gasteiger partial charge in [-0.2, -0.15) is 0 Å². The Hall–Kier alpha value is -1.40. The van der Waals surface area contributed by atoms with Gasteiger partial charge in [0.25, 0.3) is 0 Å². The van der Waals surface area contributed by atoms with Crippen molar-refractivity contribution < 1.29 is 24.3 Å². The molecule has 0 aromatic heterocycles. The first kappa shape index (κ1) is 9.17. The number of ether oxygens (including phenoxy) is 3. The van der Waals surface area contributed by atoms with E-state index in [4.69, 9.17) is 24.3 Å². The summed E-state index contributed by atoms with van der Waals surface area (Å²) in [7, 11) is -0.136. The number of methoxy groups -OCH3 is 1. The van der Waals surface area contributed by atoms with Crippen LogP contribution in [-0.2, 0) is 0 Å². The van der Waals surface area contributed by atoms with Gasteiger partial charge in [-0.1, -0.05) is 0 Å². The lowest BCUT2D eigenvalue weighted by Gasteiger charge is -2.08. The van der Waals surface area contributed by atoms with Crippen molar-refractivity contribution in [2.75, 3.05) is 13.9 Å². The van der Waals surface area contributed by atoms with E-state index in [1.165, 1.54) is 13.2 Å². The van der Waals surface area contributed by atoms with Crippen LogP contribution in [0, 0.1) is 0 Å². The third-order valence-electron chi connectivity index (χ3n) is 2.00. The number of hydrogen-bond acceptors (Lipinski definition) is 5. The van der Waals surface area contributed by atoms with Crippen LogP contribution in [0.3, 0.4) is 0 Å². The summed E-state index contributed by atoms with van der Waals surface area (Å²) in [6.45, 7) is 0.142. The van der Waals surface area contributed by atoms with Crippen LogP contribution in [-0.4, -0.2) is 31.1 Å². The molecule has 1 aliphatic rings.